The Morgan fingerprint density at radius 1 is 1.30 bits per heavy atom. The van der Waals surface area contributed by atoms with Crippen molar-refractivity contribution in [2.75, 3.05) is 0 Å². The van der Waals surface area contributed by atoms with Crippen LogP contribution in [0.3, 0.4) is 0 Å². The van der Waals surface area contributed by atoms with E-state index < -0.39 is 0 Å². The van der Waals surface area contributed by atoms with Crippen molar-refractivity contribution in [2.24, 2.45) is 11.8 Å². The van der Waals surface area contributed by atoms with Crippen molar-refractivity contribution in [3.63, 3.8) is 0 Å². The number of rotatable bonds is 3. The molecule has 114 valence electrons. The van der Waals surface area contributed by atoms with Gasteiger partial charge in [0.1, 0.15) is 12.1 Å². The molecule has 1 saturated carbocycles. The maximum Gasteiger partial charge on any atom is 0.245 e. The molecule has 1 aliphatic heterocycles. The molecule has 2 rings (SSSR count). The molecule has 0 aromatic rings. The van der Waals surface area contributed by atoms with Crippen molar-refractivity contribution in [1.29, 1.82) is 0 Å². The van der Waals surface area contributed by atoms with Crippen LogP contribution in [0.15, 0.2) is 0 Å². The predicted molar refractivity (Wildman–Crippen MR) is 79.1 cm³/mol. The quantitative estimate of drug-likeness (QED) is 0.862. The summed E-state index contributed by atoms with van der Waals surface area (Å²) in [6.07, 6.45) is 5.72. The highest BCUT2D eigenvalue weighted by Gasteiger charge is 2.44. The summed E-state index contributed by atoms with van der Waals surface area (Å²) in [6, 6.07) is -0.416. The van der Waals surface area contributed by atoms with E-state index in [2.05, 4.69) is 12.2 Å². The van der Waals surface area contributed by atoms with Crippen molar-refractivity contribution >= 4 is 11.8 Å². The zero-order chi connectivity index (χ0) is 14.9. The van der Waals surface area contributed by atoms with E-state index in [1.165, 1.54) is 19.3 Å². The summed E-state index contributed by atoms with van der Waals surface area (Å²) in [5.74, 6) is 0.985. The molecular formula is C16H28N2O2. The molecule has 2 aliphatic rings. The number of nitrogens with one attached hydrogen (secondary N) is 1. The third-order valence-electron chi connectivity index (χ3n) is 4.91. The Labute approximate surface area is 122 Å². The van der Waals surface area contributed by atoms with Crippen LogP contribution in [0.4, 0.5) is 0 Å². The van der Waals surface area contributed by atoms with Gasteiger partial charge in [0.25, 0.3) is 0 Å². The van der Waals surface area contributed by atoms with E-state index in [1.54, 1.807) is 6.92 Å². The minimum Gasteiger partial charge on any atom is -0.343 e. The third kappa shape index (κ3) is 2.84. The highest BCUT2D eigenvalue weighted by Crippen LogP contribution is 2.33. The van der Waals surface area contributed by atoms with Gasteiger partial charge in [0, 0.05) is 6.04 Å². The van der Waals surface area contributed by atoms with E-state index in [4.69, 9.17) is 0 Å². The van der Waals surface area contributed by atoms with Crippen LogP contribution in [0.1, 0.15) is 59.8 Å². The summed E-state index contributed by atoms with van der Waals surface area (Å²) in [6.45, 7) is 8.07. The molecule has 1 N–H and O–H groups in total. The fourth-order valence-electron chi connectivity index (χ4n) is 3.76. The fraction of sp³-hybridized carbons (Fsp3) is 0.875. The summed E-state index contributed by atoms with van der Waals surface area (Å²) >= 11 is 0. The van der Waals surface area contributed by atoms with E-state index in [1.807, 2.05) is 18.7 Å². The molecule has 0 radical (unpaired) electrons. The SMILES string of the molecule is CCC1CCCC(N2C(=O)C(C)NC(=O)C2C(C)C)C1. The van der Waals surface area contributed by atoms with Gasteiger partial charge in [-0.1, -0.05) is 40.0 Å². The van der Waals surface area contributed by atoms with Crippen LogP contribution in [0.5, 0.6) is 0 Å². The minimum atomic E-state index is -0.375. The van der Waals surface area contributed by atoms with Crippen LogP contribution in [-0.4, -0.2) is 34.8 Å². The van der Waals surface area contributed by atoms with E-state index in [0.29, 0.717) is 5.92 Å². The van der Waals surface area contributed by atoms with Gasteiger partial charge in [-0.3, -0.25) is 9.59 Å². The van der Waals surface area contributed by atoms with Crippen LogP contribution in [-0.2, 0) is 9.59 Å². The Balaban J connectivity index is 2.23. The summed E-state index contributed by atoms with van der Waals surface area (Å²) in [7, 11) is 0. The molecule has 20 heavy (non-hydrogen) atoms. The van der Waals surface area contributed by atoms with Crippen LogP contribution in [0.2, 0.25) is 0 Å². The highest BCUT2D eigenvalue weighted by atomic mass is 16.2. The van der Waals surface area contributed by atoms with Gasteiger partial charge in [0.15, 0.2) is 0 Å². The zero-order valence-corrected chi connectivity index (χ0v) is 13.2. The van der Waals surface area contributed by atoms with Gasteiger partial charge in [0.05, 0.1) is 0 Å². The van der Waals surface area contributed by atoms with Crippen LogP contribution in [0.25, 0.3) is 0 Å². The molecule has 1 saturated heterocycles. The van der Waals surface area contributed by atoms with Gasteiger partial charge in [-0.05, 0) is 31.6 Å². The molecule has 1 heterocycles. The van der Waals surface area contributed by atoms with Gasteiger partial charge in [-0.2, -0.15) is 0 Å². The standard InChI is InChI=1S/C16H28N2O2/c1-5-12-7-6-8-13(9-12)18-14(10(2)3)15(19)17-11(4)16(18)20/h10-14H,5-9H2,1-4H3,(H,17,19). The number of piperazine rings is 1. The molecule has 2 fully saturated rings. The molecule has 2 amide bonds. The lowest BCUT2D eigenvalue weighted by atomic mass is 9.81. The highest BCUT2D eigenvalue weighted by molar-refractivity contribution is 5.97. The van der Waals surface area contributed by atoms with Crippen molar-refractivity contribution in [3.05, 3.63) is 0 Å². The number of carbonyl (C=O) groups excluding carboxylic acids is 2. The molecular weight excluding hydrogens is 252 g/mol. The van der Waals surface area contributed by atoms with Crippen molar-refractivity contribution in [3.8, 4) is 0 Å². The topological polar surface area (TPSA) is 49.4 Å². The number of carbonyl (C=O) groups is 2. The van der Waals surface area contributed by atoms with Crippen LogP contribution in [0, 0.1) is 11.8 Å². The molecule has 4 nitrogen and oxygen atoms in total. The van der Waals surface area contributed by atoms with Crippen LogP contribution >= 0.6 is 0 Å². The second-order valence-corrected chi connectivity index (χ2v) is 6.76. The molecule has 4 unspecified atom stereocenters. The second-order valence-electron chi connectivity index (χ2n) is 6.76. The second kappa shape index (κ2) is 6.15. The van der Waals surface area contributed by atoms with Crippen molar-refractivity contribution in [1.82, 2.24) is 10.2 Å². The molecule has 4 heteroatoms. The average Bonchev–Trinajstić information content (AvgIpc) is 2.42. The first-order valence-corrected chi connectivity index (χ1v) is 8.08. The summed E-state index contributed by atoms with van der Waals surface area (Å²) < 4.78 is 0. The van der Waals surface area contributed by atoms with Crippen LogP contribution < -0.4 is 5.32 Å². The van der Waals surface area contributed by atoms with Gasteiger partial charge in [0.2, 0.25) is 11.8 Å². The zero-order valence-electron chi connectivity index (χ0n) is 13.2. The van der Waals surface area contributed by atoms with Gasteiger partial charge >= 0.3 is 0 Å². The Hall–Kier alpha value is -1.06. The number of nitrogens with zero attached hydrogens (tertiary/aromatic N) is 1. The molecule has 0 spiro atoms. The first kappa shape index (κ1) is 15.3. The van der Waals surface area contributed by atoms with Gasteiger partial charge in [-0.15, -0.1) is 0 Å². The molecule has 0 aromatic heterocycles. The maximum absolute atomic E-state index is 12.6. The van der Waals surface area contributed by atoms with E-state index in [9.17, 15) is 9.59 Å². The summed E-state index contributed by atoms with van der Waals surface area (Å²) in [4.78, 5) is 26.8. The molecule has 1 aliphatic carbocycles. The first-order valence-electron chi connectivity index (χ1n) is 8.08. The van der Waals surface area contributed by atoms with Gasteiger partial charge in [-0.25, -0.2) is 0 Å². The summed E-state index contributed by atoms with van der Waals surface area (Å²) in [5, 5.41) is 2.82. The monoisotopic (exact) mass is 280 g/mol. The largest absolute Gasteiger partial charge is 0.343 e. The molecule has 4 atom stereocenters. The predicted octanol–water partition coefficient (Wildman–Crippen LogP) is 2.33. The fourth-order valence-corrected chi connectivity index (χ4v) is 3.76. The number of amides is 2. The normalized spacial score (nSPS) is 35.4. The maximum atomic E-state index is 12.6. The van der Waals surface area contributed by atoms with E-state index in [-0.39, 0.29) is 35.9 Å². The average molecular weight is 280 g/mol. The number of hydrogen-bond donors (Lipinski definition) is 1. The Morgan fingerprint density at radius 3 is 2.60 bits per heavy atom. The van der Waals surface area contributed by atoms with E-state index >= 15 is 0 Å². The molecule has 0 bridgehead atoms. The molecule has 0 aromatic carbocycles. The van der Waals surface area contributed by atoms with Gasteiger partial charge < -0.3 is 10.2 Å². The number of hydrogen-bond acceptors (Lipinski definition) is 2. The van der Waals surface area contributed by atoms with E-state index in [0.717, 1.165) is 12.8 Å². The van der Waals surface area contributed by atoms with Crippen molar-refractivity contribution in [2.45, 2.75) is 77.9 Å². The minimum absolute atomic E-state index is 0.0192. The Bertz CT molecular complexity index is 381. The third-order valence-corrected chi connectivity index (χ3v) is 4.91. The Morgan fingerprint density at radius 2 is 2.00 bits per heavy atom. The lowest BCUT2D eigenvalue weighted by molar-refractivity contribution is -0.154. The first-order chi connectivity index (χ1) is 9.45. The Kier molecular flexibility index (Phi) is 4.71. The summed E-state index contributed by atoms with van der Waals surface area (Å²) in [5.41, 5.74) is 0. The lowest BCUT2D eigenvalue weighted by Gasteiger charge is -2.46. The smallest absolute Gasteiger partial charge is 0.245 e. The lowest BCUT2D eigenvalue weighted by Crippen LogP contribution is -2.66. The van der Waals surface area contributed by atoms with Crippen molar-refractivity contribution < 1.29 is 9.59 Å².